The molecular weight excluding hydrogens is 740 g/mol. The van der Waals surface area contributed by atoms with Crippen molar-refractivity contribution in [3.63, 3.8) is 0 Å². The highest BCUT2D eigenvalue weighted by Crippen LogP contribution is 2.39. The van der Waals surface area contributed by atoms with E-state index in [4.69, 9.17) is 37.6 Å². The molecule has 6 rings (SSSR count). The van der Waals surface area contributed by atoms with E-state index in [2.05, 4.69) is 0 Å². The van der Waals surface area contributed by atoms with Crippen molar-refractivity contribution in [2.24, 2.45) is 0 Å². The number of hydrogen-bond acceptors (Lipinski definition) is 20. The van der Waals surface area contributed by atoms with Crippen LogP contribution in [0.5, 0.6) is 23.0 Å². The summed E-state index contributed by atoms with van der Waals surface area (Å²) in [5, 5.41) is 105. The maximum Gasteiger partial charge on any atom is 0.303 e. The van der Waals surface area contributed by atoms with Crippen LogP contribution in [0.2, 0.25) is 0 Å². The first kappa shape index (κ1) is 40.5. The minimum absolute atomic E-state index is 0.126. The zero-order chi connectivity index (χ0) is 40.0. The Morgan fingerprint density at radius 3 is 2.02 bits per heavy atom. The predicted octanol–water partition coefficient (Wildman–Crippen LogP) is -1.97. The van der Waals surface area contributed by atoms with Gasteiger partial charge in [0.15, 0.2) is 30.5 Å². The molecule has 3 saturated heterocycles. The quantitative estimate of drug-likeness (QED) is 0.105. The van der Waals surface area contributed by atoms with Gasteiger partial charge >= 0.3 is 5.97 Å². The third-order valence-corrected chi connectivity index (χ3v) is 9.53. The number of ether oxygens (including phenoxy) is 7. The van der Waals surface area contributed by atoms with E-state index in [0.717, 1.165) is 19.1 Å². The van der Waals surface area contributed by atoms with Crippen LogP contribution >= 0.6 is 0 Å². The average Bonchev–Trinajstić information content (AvgIpc) is 3.13. The van der Waals surface area contributed by atoms with Crippen LogP contribution in [-0.2, 0) is 33.2 Å². The van der Waals surface area contributed by atoms with Crippen LogP contribution in [0.3, 0.4) is 0 Å². The van der Waals surface area contributed by atoms with Gasteiger partial charge in [0.05, 0.1) is 18.8 Å². The summed E-state index contributed by atoms with van der Waals surface area (Å²) >= 11 is 0. The molecule has 2 aromatic carbocycles. The Balaban J connectivity index is 1.38. The lowest BCUT2D eigenvalue weighted by molar-refractivity contribution is -0.360. The number of hydrogen-bond donors (Lipinski definition) is 10. The lowest BCUT2D eigenvalue weighted by Crippen LogP contribution is -2.65. The monoisotopic (exact) mass is 782 g/mol. The van der Waals surface area contributed by atoms with E-state index in [-0.39, 0.29) is 22.7 Å². The summed E-state index contributed by atoms with van der Waals surface area (Å²) in [4.78, 5) is 25.7. The topological polar surface area (TPSA) is 314 Å². The summed E-state index contributed by atoms with van der Waals surface area (Å²) < 4.78 is 45.7. The Labute approximate surface area is 310 Å². The van der Waals surface area contributed by atoms with Crippen molar-refractivity contribution in [2.45, 2.75) is 113 Å². The van der Waals surface area contributed by atoms with Crippen LogP contribution in [-0.4, -0.2) is 156 Å². The average molecular weight is 783 g/mol. The first-order valence-electron chi connectivity index (χ1n) is 17.1. The second-order valence-corrected chi connectivity index (χ2v) is 13.5. The molecule has 0 bridgehead atoms. The van der Waals surface area contributed by atoms with Crippen LogP contribution < -0.4 is 10.2 Å². The highest BCUT2D eigenvalue weighted by atomic mass is 16.8. The fourth-order valence-electron chi connectivity index (χ4n) is 6.55. The third kappa shape index (κ3) is 8.08. The number of phenolic OH excluding ortho intramolecular Hbond substituents is 3. The van der Waals surface area contributed by atoms with Gasteiger partial charge in [-0.2, -0.15) is 0 Å². The lowest BCUT2D eigenvalue weighted by Gasteiger charge is -2.46. The van der Waals surface area contributed by atoms with Gasteiger partial charge in [-0.1, -0.05) is 0 Å². The number of carbonyl (C=O) groups excluding carboxylic acids is 1. The second kappa shape index (κ2) is 16.1. The molecule has 20 nitrogen and oxygen atoms in total. The number of rotatable bonds is 9. The zero-order valence-electron chi connectivity index (χ0n) is 29.4. The fourth-order valence-corrected chi connectivity index (χ4v) is 6.55. The number of aromatic hydroxyl groups is 3. The van der Waals surface area contributed by atoms with E-state index >= 15 is 0 Å². The van der Waals surface area contributed by atoms with Gasteiger partial charge in [0.2, 0.25) is 17.5 Å². The molecule has 55 heavy (non-hydrogen) atoms. The molecule has 3 aliphatic heterocycles. The van der Waals surface area contributed by atoms with Crippen molar-refractivity contribution in [1.82, 2.24) is 0 Å². The lowest BCUT2D eigenvalue weighted by atomic mass is 9.97. The maximum atomic E-state index is 14.1. The molecule has 15 atom stereocenters. The number of aliphatic hydroxyl groups is 7. The number of carbonyl (C=O) groups is 1. The van der Waals surface area contributed by atoms with Gasteiger partial charge in [0.1, 0.15) is 77.0 Å². The molecule has 0 spiro atoms. The second-order valence-electron chi connectivity index (χ2n) is 13.5. The van der Waals surface area contributed by atoms with Gasteiger partial charge in [0, 0.05) is 24.6 Å². The molecular formula is C35H42O20. The smallest absolute Gasteiger partial charge is 0.303 e. The Morgan fingerprint density at radius 2 is 1.35 bits per heavy atom. The van der Waals surface area contributed by atoms with E-state index in [0.29, 0.717) is 0 Å². The number of fused-ring (bicyclic) bond motifs is 1. The van der Waals surface area contributed by atoms with E-state index in [1.165, 1.54) is 38.1 Å². The van der Waals surface area contributed by atoms with Crippen molar-refractivity contribution in [3.05, 3.63) is 46.6 Å². The van der Waals surface area contributed by atoms with Crippen LogP contribution in [0.25, 0.3) is 22.3 Å². The summed E-state index contributed by atoms with van der Waals surface area (Å²) in [6.45, 7) is 3.21. The van der Waals surface area contributed by atoms with Crippen LogP contribution in [0.1, 0.15) is 20.8 Å². The standard InChI is InChI=1S/C35H42O20/c1-11-21(40)24(43)27(46)33(49-11)48-10-19-22(41)25(44)32(55-34-28(47)26(45)29(12(2)50-34)51-13(3)36)35(53-19)54-31-23(42)20-17(39)8-16(38)9-18(20)52-30(31)14-4-6-15(37)7-5-14/h4-9,11-12,19,21-22,24-29,32-35,37-41,43-47H,10H2,1-3H3/t11-,12-,19+,21-,22-,24+,25-,26-,27+,28+,29-,32+,33+,34-,35-/m0/s1. The number of phenols is 3. The first-order valence-corrected chi connectivity index (χ1v) is 17.1. The van der Waals surface area contributed by atoms with E-state index < -0.39 is 133 Å². The van der Waals surface area contributed by atoms with Gasteiger partial charge in [-0.15, -0.1) is 0 Å². The minimum Gasteiger partial charge on any atom is -0.508 e. The highest BCUT2D eigenvalue weighted by molar-refractivity contribution is 5.88. The molecule has 10 N–H and O–H groups in total. The third-order valence-electron chi connectivity index (χ3n) is 9.53. The summed E-state index contributed by atoms with van der Waals surface area (Å²) in [6, 6.07) is 7.13. The molecule has 0 unspecified atom stereocenters. The van der Waals surface area contributed by atoms with E-state index in [9.17, 15) is 60.7 Å². The first-order chi connectivity index (χ1) is 26.0. The summed E-state index contributed by atoms with van der Waals surface area (Å²) in [6.07, 6.45) is -24.7. The molecule has 0 saturated carbocycles. The molecule has 0 aliphatic carbocycles. The summed E-state index contributed by atoms with van der Waals surface area (Å²) in [5.74, 6) is -3.10. The normalized spacial score (nSPS) is 36.7. The van der Waals surface area contributed by atoms with Crippen molar-refractivity contribution >= 4 is 16.9 Å². The zero-order valence-corrected chi connectivity index (χ0v) is 29.4. The molecule has 3 fully saturated rings. The maximum absolute atomic E-state index is 14.1. The Bertz CT molecular complexity index is 1880. The molecule has 4 heterocycles. The van der Waals surface area contributed by atoms with Crippen LogP contribution in [0, 0.1) is 0 Å². The van der Waals surface area contributed by atoms with Crippen LogP contribution in [0.4, 0.5) is 0 Å². The van der Waals surface area contributed by atoms with Gasteiger partial charge in [0.25, 0.3) is 0 Å². The Morgan fingerprint density at radius 1 is 0.709 bits per heavy atom. The van der Waals surface area contributed by atoms with Crippen molar-refractivity contribution < 1.29 is 93.4 Å². The number of benzene rings is 2. The van der Waals surface area contributed by atoms with Crippen LogP contribution in [0.15, 0.2) is 45.6 Å². The SMILES string of the molecule is CC(=O)O[C@@H]1[C@@H](O)[C@@H](O)[C@H](O[C@H]2[C@H](Oc3c(-c4ccc(O)cc4)oc4cc(O)cc(O)c4c3=O)O[C@H](CO[C@@H]3O[C@@H](C)[C@H](O)[C@@H](O)[C@H]3O)[C@H](O)[C@@H]2O)O[C@H]1C. The van der Waals surface area contributed by atoms with E-state index in [1.54, 1.807) is 0 Å². The van der Waals surface area contributed by atoms with Gasteiger partial charge in [-0.3, -0.25) is 9.59 Å². The van der Waals surface area contributed by atoms with Crippen molar-refractivity contribution in [3.8, 4) is 34.3 Å². The largest absolute Gasteiger partial charge is 0.508 e. The molecule has 3 aliphatic rings. The Hall–Kier alpha value is -4.16. The molecule has 0 amide bonds. The Kier molecular flexibility index (Phi) is 11.9. The van der Waals surface area contributed by atoms with Gasteiger partial charge in [-0.25, -0.2) is 0 Å². The fraction of sp³-hybridized carbons (Fsp3) is 0.543. The summed E-state index contributed by atoms with van der Waals surface area (Å²) in [7, 11) is 0. The van der Waals surface area contributed by atoms with Crippen molar-refractivity contribution in [2.75, 3.05) is 6.61 Å². The van der Waals surface area contributed by atoms with Gasteiger partial charge < -0.3 is 88.6 Å². The predicted molar refractivity (Wildman–Crippen MR) is 179 cm³/mol. The number of esters is 1. The molecule has 302 valence electrons. The molecule has 20 heteroatoms. The highest BCUT2D eigenvalue weighted by Gasteiger charge is 2.53. The number of aliphatic hydroxyl groups excluding tert-OH is 7. The van der Waals surface area contributed by atoms with Crippen molar-refractivity contribution in [1.29, 1.82) is 0 Å². The molecule has 1 aromatic heterocycles. The van der Waals surface area contributed by atoms with E-state index in [1.807, 2.05) is 0 Å². The molecule has 3 aromatic rings. The summed E-state index contributed by atoms with van der Waals surface area (Å²) in [5.41, 5.74) is -1.19. The minimum atomic E-state index is -2.03. The van der Waals surface area contributed by atoms with Gasteiger partial charge in [-0.05, 0) is 38.1 Å². The molecule has 0 radical (unpaired) electrons.